The summed E-state index contributed by atoms with van der Waals surface area (Å²) < 4.78 is 5.12. The number of ether oxygens (including phenoxy) is 1. The molecule has 1 aromatic carbocycles. The van der Waals surface area contributed by atoms with E-state index in [1.54, 1.807) is 7.11 Å². The number of benzene rings is 1. The first-order chi connectivity index (χ1) is 6.61. The number of hydrogen-bond acceptors (Lipinski definition) is 4. The highest BCUT2D eigenvalue weighted by Crippen LogP contribution is 2.35. The summed E-state index contributed by atoms with van der Waals surface area (Å²) in [4.78, 5) is 2.41. The first kappa shape index (κ1) is 11.9. The molecule has 0 aliphatic carbocycles. The minimum atomic E-state index is 0.722. The van der Waals surface area contributed by atoms with E-state index in [0.29, 0.717) is 0 Å². The third-order valence-corrected chi connectivity index (χ3v) is 3.47. The molecule has 0 spiro atoms. The summed E-state index contributed by atoms with van der Waals surface area (Å²) in [5.74, 6) is 0.722. The Morgan fingerprint density at radius 2 is 1.93 bits per heavy atom. The van der Waals surface area contributed by atoms with Crippen molar-refractivity contribution in [3.63, 3.8) is 0 Å². The van der Waals surface area contributed by atoms with Crippen LogP contribution in [-0.2, 0) is 0 Å². The molecular weight excluding hydrogens is 232 g/mol. The Kier molecular flexibility index (Phi) is 4.29. The highest BCUT2D eigenvalue weighted by Gasteiger charge is 2.09. The zero-order valence-corrected chi connectivity index (χ0v) is 10.7. The molecule has 4 heteroatoms. The van der Waals surface area contributed by atoms with Gasteiger partial charge in [0.25, 0.3) is 0 Å². The lowest BCUT2D eigenvalue weighted by atomic mass is 10.2. The predicted molar refractivity (Wildman–Crippen MR) is 70.1 cm³/mol. The molecule has 14 heavy (non-hydrogen) atoms. The van der Waals surface area contributed by atoms with E-state index in [1.807, 2.05) is 25.1 Å². The molecule has 0 N–H and O–H groups in total. The molecule has 1 rings (SSSR count). The fraction of sp³-hybridized carbons (Fsp3) is 0.200. The summed E-state index contributed by atoms with van der Waals surface area (Å²) in [5, 5.41) is 0. The Balaban J connectivity index is 3.31. The van der Waals surface area contributed by atoms with E-state index in [1.165, 1.54) is 0 Å². The van der Waals surface area contributed by atoms with Gasteiger partial charge in [0.1, 0.15) is 5.75 Å². The number of hydrogen-bond donors (Lipinski definition) is 3. The third kappa shape index (κ3) is 2.24. The van der Waals surface area contributed by atoms with Gasteiger partial charge < -0.3 is 4.74 Å². The zero-order chi connectivity index (χ0) is 10.7. The molecule has 0 fully saturated rings. The molecule has 0 aromatic heterocycles. The fourth-order valence-corrected chi connectivity index (χ4v) is 1.95. The Morgan fingerprint density at radius 1 is 1.29 bits per heavy atom. The van der Waals surface area contributed by atoms with Gasteiger partial charge in [-0.3, -0.25) is 0 Å². The van der Waals surface area contributed by atoms with Gasteiger partial charge in [-0.2, -0.15) is 0 Å². The Labute approximate surface area is 101 Å². The van der Waals surface area contributed by atoms with Crippen molar-refractivity contribution in [3.8, 4) is 5.75 Å². The standard InChI is InChI=1S/C10H12OS3/c1-3-8(12)6-4-5-7(11-2)10(14)9(6)13/h3-5,12-14H,1-2H3. The number of rotatable bonds is 2. The van der Waals surface area contributed by atoms with E-state index < -0.39 is 0 Å². The molecule has 0 bridgehead atoms. The fourth-order valence-electron chi connectivity index (χ4n) is 1.09. The summed E-state index contributed by atoms with van der Waals surface area (Å²) in [6.07, 6.45) is 1.91. The van der Waals surface area contributed by atoms with Crippen LogP contribution in [0.2, 0.25) is 0 Å². The molecular formula is C10H12OS3. The van der Waals surface area contributed by atoms with E-state index in [-0.39, 0.29) is 0 Å². The maximum absolute atomic E-state index is 5.12. The van der Waals surface area contributed by atoms with E-state index in [9.17, 15) is 0 Å². The summed E-state index contributed by atoms with van der Waals surface area (Å²) in [5.41, 5.74) is 0.963. The van der Waals surface area contributed by atoms with Crippen LogP contribution in [0.4, 0.5) is 0 Å². The van der Waals surface area contributed by atoms with Crippen LogP contribution in [0.1, 0.15) is 12.5 Å². The van der Waals surface area contributed by atoms with E-state index >= 15 is 0 Å². The molecule has 76 valence electrons. The van der Waals surface area contributed by atoms with Crippen LogP contribution in [0.25, 0.3) is 4.91 Å². The Bertz CT molecular complexity index is 372. The zero-order valence-electron chi connectivity index (χ0n) is 7.98. The lowest BCUT2D eigenvalue weighted by Gasteiger charge is -2.10. The maximum Gasteiger partial charge on any atom is 0.133 e. The lowest BCUT2D eigenvalue weighted by Crippen LogP contribution is -1.89. The van der Waals surface area contributed by atoms with Crippen LogP contribution >= 0.6 is 37.9 Å². The summed E-state index contributed by atoms with van der Waals surface area (Å²) in [7, 11) is 1.61. The highest BCUT2D eigenvalue weighted by molar-refractivity contribution is 7.90. The van der Waals surface area contributed by atoms with Crippen LogP contribution in [0.3, 0.4) is 0 Å². The van der Waals surface area contributed by atoms with Crippen molar-refractivity contribution in [1.82, 2.24) is 0 Å². The topological polar surface area (TPSA) is 9.23 Å². The summed E-state index contributed by atoms with van der Waals surface area (Å²) in [6, 6.07) is 3.78. The van der Waals surface area contributed by atoms with Gasteiger partial charge in [0.2, 0.25) is 0 Å². The number of methoxy groups -OCH3 is 1. The second kappa shape index (κ2) is 5.05. The Morgan fingerprint density at radius 3 is 2.43 bits per heavy atom. The van der Waals surface area contributed by atoms with Crippen LogP contribution in [-0.4, -0.2) is 7.11 Å². The molecule has 0 aliphatic heterocycles. The van der Waals surface area contributed by atoms with Gasteiger partial charge >= 0.3 is 0 Å². The average molecular weight is 244 g/mol. The van der Waals surface area contributed by atoms with Crippen molar-refractivity contribution < 1.29 is 4.74 Å². The second-order valence-corrected chi connectivity index (χ2v) is 4.06. The van der Waals surface area contributed by atoms with E-state index in [0.717, 1.165) is 26.0 Å². The molecule has 0 amide bonds. The van der Waals surface area contributed by atoms with Crippen molar-refractivity contribution in [2.45, 2.75) is 16.7 Å². The summed E-state index contributed by atoms with van der Waals surface area (Å²) >= 11 is 13.1. The van der Waals surface area contributed by atoms with Gasteiger partial charge in [-0.1, -0.05) is 6.08 Å². The smallest absolute Gasteiger partial charge is 0.133 e. The average Bonchev–Trinajstić information content (AvgIpc) is 2.21. The first-order valence-electron chi connectivity index (χ1n) is 4.06. The van der Waals surface area contributed by atoms with Gasteiger partial charge in [-0.05, 0) is 19.1 Å². The highest BCUT2D eigenvalue weighted by atomic mass is 32.1. The first-order valence-corrected chi connectivity index (χ1v) is 5.40. The van der Waals surface area contributed by atoms with Gasteiger partial charge in [0, 0.05) is 15.4 Å². The van der Waals surface area contributed by atoms with Crippen molar-refractivity contribution in [2.75, 3.05) is 7.11 Å². The Hall–Kier alpha value is -0.190. The minimum absolute atomic E-state index is 0.722. The van der Waals surface area contributed by atoms with Gasteiger partial charge in [0.05, 0.1) is 12.0 Å². The van der Waals surface area contributed by atoms with Crippen LogP contribution in [0.15, 0.2) is 28.0 Å². The normalized spacial score (nSPS) is 11.6. The molecule has 0 radical (unpaired) electrons. The molecule has 0 unspecified atom stereocenters. The number of allylic oxidation sites excluding steroid dienone is 1. The van der Waals surface area contributed by atoms with Crippen LogP contribution in [0.5, 0.6) is 5.75 Å². The third-order valence-electron chi connectivity index (χ3n) is 1.88. The van der Waals surface area contributed by atoms with Crippen LogP contribution < -0.4 is 4.74 Å². The SMILES string of the molecule is CC=C(S)c1ccc(OC)c(S)c1S. The van der Waals surface area contributed by atoms with Crippen molar-refractivity contribution in [3.05, 3.63) is 23.8 Å². The maximum atomic E-state index is 5.12. The van der Waals surface area contributed by atoms with Crippen molar-refractivity contribution in [2.24, 2.45) is 0 Å². The number of thiol groups is 3. The van der Waals surface area contributed by atoms with Crippen molar-refractivity contribution in [1.29, 1.82) is 0 Å². The van der Waals surface area contributed by atoms with Gasteiger partial charge in [0.15, 0.2) is 0 Å². The second-order valence-electron chi connectivity index (χ2n) is 2.69. The molecule has 0 aliphatic rings. The lowest BCUT2D eigenvalue weighted by molar-refractivity contribution is 0.402. The minimum Gasteiger partial charge on any atom is -0.496 e. The molecule has 0 saturated heterocycles. The molecule has 1 nitrogen and oxygen atoms in total. The summed E-state index contributed by atoms with van der Waals surface area (Å²) in [6.45, 7) is 1.93. The van der Waals surface area contributed by atoms with Gasteiger partial charge in [-0.25, -0.2) is 0 Å². The van der Waals surface area contributed by atoms with E-state index in [4.69, 9.17) is 4.74 Å². The van der Waals surface area contributed by atoms with Crippen LogP contribution in [0, 0.1) is 0 Å². The molecule has 0 atom stereocenters. The van der Waals surface area contributed by atoms with Crippen molar-refractivity contribution >= 4 is 42.8 Å². The predicted octanol–water partition coefficient (Wildman–Crippen LogP) is 3.56. The molecule has 0 saturated carbocycles. The molecule has 0 heterocycles. The van der Waals surface area contributed by atoms with Gasteiger partial charge in [-0.15, -0.1) is 37.9 Å². The largest absolute Gasteiger partial charge is 0.496 e. The quantitative estimate of drug-likeness (QED) is 0.674. The van der Waals surface area contributed by atoms with E-state index in [2.05, 4.69) is 37.9 Å². The molecule has 1 aromatic rings. The monoisotopic (exact) mass is 244 g/mol.